The maximum absolute atomic E-state index is 12.8. The number of benzene rings is 2. The Labute approximate surface area is 201 Å². The lowest BCUT2D eigenvalue weighted by atomic mass is 9.93. The van der Waals surface area contributed by atoms with Crippen LogP contribution >= 0.6 is 0 Å². The Bertz CT molecular complexity index is 1190. The van der Waals surface area contributed by atoms with Crippen LogP contribution in [0.3, 0.4) is 0 Å². The summed E-state index contributed by atoms with van der Waals surface area (Å²) in [6.45, 7) is 1.85. The van der Waals surface area contributed by atoms with E-state index in [2.05, 4.69) is 5.32 Å². The average Bonchev–Trinajstić information content (AvgIpc) is 2.84. The second-order valence-electron chi connectivity index (χ2n) is 8.00. The van der Waals surface area contributed by atoms with Crippen LogP contribution in [-0.4, -0.2) is 65.0 Å². The number of rotatable bonds is 9. The van der Waals surface area contributed by atoms with E-state index in [0.29, 0.717) is 23.3 Å². The number of urea groups is 1. The molecule has 0 radical (unpaired) electrons. The van der Waals surface area contributed by atoms with Crippen molar-refractivity contribution in [1.29, 1.82) is 0 Å². The van der Waals surface area contributed by atoms with Gasteiger partial charge in [-0.3, -0.25) is 14.9 Å². The molecule has 3 rings (SSSR count). The van der Waals surface area contributed by atoms with Gasteiger partial charge in [0.25, 0.3) is 11.6 Å². The maximum atomic E-state index is 12.8. The summed E-state index contributed by atoms with van der Waals surface area (Å²) < 4.78 is 5.25. The summed E-state index contributed by atoms with van der Waals surface area (Å²) in [4.78, 5) is 51.3. The van der Waals surface area contributed by atoms with E-state index in [4.69, 9.17) is 4.74 Å². The maximum Gasteiger partial charge on any atom is 0.335 e. The Morgan fingerprint density at radius 1 is 1.23 bits per heavy atom. The summed E-state index contributed by atoms with van der Waals surface area (Å²) in [5, 5.41) is 23.7. The molecule has 0 bridgehead atoms. The molecule has 1 aliphatic rings. The highest BCUT2D eigenvalue weighted by Gasteiger charge is 2.38. The van der Waals surface area contributed by atoms with Crippen molar-refractivity contribution in [2.75, 3.05) is 27.2 Å². The number of ether oxygens (including phenoxy) is 1. The highest BCUT2D eigenvalue weighted by atomic mass is 16.6. The molecule has 0 aliphatic carbocycles. The molecule has 1 unspecified atom stereocenters. The number of aliphatic carboxylic acids is 1. The highest BCUT2D eigenvalue weighted by molar-refractivity contribution is 5.97. The van der Waals surface area contributed by atoms with Crippen molar-refractivity contribution in [3.8, 4) is 5.75 Å². The largest absolute Gasteiger partial charge is 0.496 e. The van der Waals surface area contributed by atoms with Gasteiger partial charge >= 0.3 is 12.0 Å². The van der Waals surface area contributed by atoms with Crippen LogP contribution in [0.15, 0.2) is 59.8 Å². The second-order valence-corrected chi connectivity index (χ2v) is 8.00. The number of nitro groups is 1. The third-order valence-corrected chi connectivity index (χ3v) is 5.75. The van der Waals surface area contributed by atoms with Crippen LogP contribution in [0.1, 0.15) is 35.3 Å². The predicted octanol–water partition coefficient (Wildman–Crippen LogP) is 3.19. The summed E-state index contributed by atoms with van der Waals surface area (Å²) in [6, 6.07) is 10.8. The van der Waals surface area contributed by atoms with Gasteiger partial charge in [-0.1, -0.05) is 24.3 Å². The van der Waals surface area contributed by atoms with E-state index < -0.39 is 23.0 Å². The average molecular weight is 482 g/mol. The molecule has 1 atom stereocenters. The third kappa shape index (κ3) is 5.40. The van der Waals surface area contributed by atoms with Gasteiger partial charge in [0.2, 0.25) is 0 Å². The van der Waals surface area contributed by atoms with Crippen molar-refractivity contribution in [2.24, 2.45) is 0 Å². The molecule has 1 heterocycles. The van der Waals surface area contributed by atoms with Crippen LogP contribution < -0.4 is 10.1 Å². The number of nitrogens with one attached hydrogen (secondary N) is 1. The van der Waals surface area contributed by atoms with E-state index in [-0.39, 0.29) is 36.0 Å². The van der Waals surface area contributed by atoms with Crippen LogP contribution in [0.5, 0.6) is 5.75 Å². The van der Waals surface area contributed by atoms with E-state index >= 15 is 0 Å². The first-order chi connectivity index (χ1) is 16.6. The Hall–Kier alpha value is -4.41. The molecule has 1 aliphatic heterocycles. The number of carbonyl (C=O) groups excluding carboxylic acids is 2. The third-order valence-electron chi connectivity index (χ3n) is 5.75. The quantitative estimate of drug-likeness (QED) is 0.413. The minimum atomic E-state index is -1.24. The smallest absolute Gasteiger partial charge is 0.335 e. The van der Waals surface area contributed by atoms with E-state index in [1.54, 1.807) is 37.4 Å². The predicted molar refractivity (Wildman–Crippen MR) is 126 cm³/mol. The minimum Gasteiger partial charge on any atom is -0.496 e. The zero-order valence-electron chi connectivity index (χ0n) is 19.6. The number of amides is 3. The molecule has 11 heteroatoms. The SMILES string of the molecule is COc1ccccc1C(=O)N(C)CCCN1C(=O)NC(C)=C(C(=O)O)C1c1cccc([N+](=O)[O-])c1. The molecule has 0 saturated heterocycles. The Morgan fingerprint density at radius 2 is 1.94 bits per heavy atom. The molecule has 0 saturated carbocycles. The van der Waals surface area contributed by atoms with Gasteiger partial charge in [-0.15, -0.1) is 0 Å². The molecule has 0 aromatic heterocycles. The normalized spacial score (nSPS) is 15.5. The van der Waals surface area contributed by atoms with E-state index in [9.17, 15) is 29.6 Å². The molecule has 3 amide bonds. The molecule has 2 N–H and O–H groups in total. The highest BCUT2D eigenvalue weighted by Crippen LogP contribution is 2.35. The minimum absolute atomic E-state index is 0.0800. The van der Waals surface area contributed by atoms with Gasteiger partial charge in [0.1, 0.15) is 5.75 Å². The molecule has 2 aromatic rings. The first-order valence-electron chi connectivity index (χ1n) is 10.8. The zero-order chi connectivity index (χ0) is 25.7. The Balaban J connectivity index is 1.83. The summed E-state index contributed by atoms with van der Waals surface area (Å²) in [5.41, 5.74) is 0.582. The molecule has 0 fully saturated rings. The van der Waals surface area contributed by atoms with Gasteiger partial charge in [0.05, 0.1) is 29.2 Å². The number of nitro benzene ring substituents is 1. The van der Waals surface area contributed by atoms with Crippen LogP contribution in [-0.2, 0) is 4.79 Å². The Morgan fingerprint density at radius 3 is 2.60 bits per heavy atom. The number of allylic oxidation sites excluding steroid dienone is 1. The number of hydrogen-bond acceptors (Lipinski definition) is 6. The van der Waals surface area contributed by atoms with Crippen molar-refractivity contribution in [2.45, 2.75) is 19.4 Å². The van der Waals surface area contributed by atoms with Crippen molar-refractivity contribution in [3.63, 3.8) is 0 Å². The first-order valence-corrected chi connectivity index (χ1v) is 10.8. The van der Waals surface area contributed by atoms with E-state index in [1.807, 2.05) is 0 Å². The summed E-state index contributed by atoms with van der Waals surface area (Å²) >= 11 is 0. The lowest BCUT2D eigenvalue weighted by Crippen LogP contribution is -2.49. The first kappa shape index (κ1) is 25.2. The number of carboxylic acids is 1. The molecular weight excluding hydrogens is 456 g/mol. The molecule has 35 heavy (non-hydrogen) atoms. The molecular formula is C24H26N4O7. The second kappa shape index (κ2) is 10.7. The van der Waals surface area contributed by atoms with Gasteiger partial charge in [-0.2, -0.15) is 0 Å². The molecule has 184 valence electrons. The number of carbonyl (C=O) groups is 3. The van der Waals surface area contributed by atoms with Crippen LogP contribution in [0.4, 0.5) is 10.5 Å². The van der Waals surface area contributed by atoms with Crippen molar-refractivity contribution < 1.29 is 29.2 Å². The van der Waals surface area contributed by atoms with E-state index in [1.165, 1.54) is 42.0 Å². The van der Waals surface area contributed by atoms with Gasteiger partial charge in [-0.25, -0.2) is 9.59 Å². The summed E-state index contributed by atoms with van der Waals surface area (Å²) in [6.07, 6.45) is 0.335. The van der Waals surface area contributed by atoms with Gasteiger partial charge in [0, 0.05) is 38.0 Å². The topological polar surface area (TPSA) is 142 Å². The zero-order valence-corrected chi connectivity index (χ0v) is 19.6. The lowest BCUT2D eigenvalue weighted by Gasteiger charge is -2.37. The number of para-hydroxylation sites is 1. The number of methoxy groups -OCH3 is 1. The van der Waals surface area contributed by atoms with Crippen molar-refractivity contribution in [3.05, 3.63) is 81.0 Å². The van der Waals surface area contributed by atoms with Crippen LogP contribution in [0.2, 0.25) is 0 Å². The van der Waals surface area contributed by atoms with Gasteiger partial charge < -0.3 is 25.0 Å². The molecule has 2 aromatic carbocycles. The summed E-state index contributed by atoms with van der Waals surface area (Å²) in [5.74, 6) is -1.06. The lowest BCUT2D eigenvalue weighted by molar-refractivity contribution is -0.384. The molecule has 0 spiro atoms. The number of nitrogens with zero attached hydrogens (tertiary/aromatic N) is 3. The fourth-order valence-electron chi connectivity index (χ4n) is 4.05. The van der Waals surface area contributed by atoms with E-state index in [0.717, 1.165) is 0 Å². The Kier molecular flexibility index (Phi) is 7.69. The monoisotopic (exact) mass is 482 g/mol. The van der Waals surface area contributed by atoms with Crippen molar-refractivity contribution in [1.82, 2.24) is 15.1 Å². The van der Waals surface area contributed by atoms with Crippen LogP contribution in [0, 0.1) is 10.1 Å². The number of hydrogen-bond donors (Lipinski definition) is 2. The van der Waals surface area contributed by atoms with Crippen LogP contribution in [0.25, 0.3) is 0 Å². The standard InChI is InChI=1S/C24H26N4O7/c1-15-20(23(30)31)21(16-8-6-9-17(14-16)28(33)34)27(24(32)25-15)13-7-12-26(2)22(29)18-10-4-5-11-19(18)35-3/h4-6,8-11,14,21H,7,12-13H2,1-3H3,(H,25,32)(H,30,31). The fourth-order valence-corrected chi connectivity index (χ4v) is 4.05. The number of carboxylic acid groups (broad SMARTS) is 1. The number of non-ortho nitro benzene ring substituents is 1. The summed E-state index contributed by atoms with van der Waals surface area (Å²) in [7, 11) is 3.10. The van der Waals surface area contributed by atoms with Gasteiger partial charge in [-0.05, 0) is 31.0 Å². The van der Waals surface area contributed by atoms with Crippen molar-refractivity contribution >= 4 is 23.6 Å². The van der Waals surface area contributed by atoms with Gasteiger partial charge in [0.15, 0.2) is 0 Å². The molecule has 11 nitrogen and oxygen atoms in total. The fraction of sp³-hybridized carbons (Fsp3) is 0.292.